The molecule has 0 aliphatic heterocycles. The molecular formula is C9H22. The first-order valence-corrected chi connectivity index (χ1v) is 4.31. The van der Waals surface area contributed by atoms with E-state index < -0.39 is 0 Å². The molecule has 58 valence electrons. The molecule has 1 fully saturated rings. The molecule has 0 aromatic carbocycles. The summed E-state index contributed by atoms with van der Waals surface area (Å²) >= 11 is 0. The normalized spacial score (nSPS) is 14.3. The summed E-state index contributed by atoms with van der Waals surface area (Å²) in [6.45, 7) is 10.5. The third-order valence-corrected chi connectivity index (χ3v) is 0.866. The Morgan fingerprint density at radius 1 is 1.11 bits per heavy atom. The van der Waals surface area contributed by atoms with Crippen molar-refractivity contribution in [3.63, 3.8) is 0 Å². The molecule has 1 saturated carbocycles. The lowest BCUT2D eigenvalue weighted by atomic mass is 10.5. The van der Waals surface area contributed by atoms with Crippen LogP contribution in [0.2, 0.25) is 0 Å². The largest absolute Gasteiger partial charge is 0.0683 e. The van der Waals surface area contributed by atoms with E-state index in [-0.39, 0.29) is 0 Å². The summed E-state index contributed by atoms with van der Waals surface area (Å²) in [7, 11) is 0. The van der Waals surface area contributed by atoms with Gasteiger partial charge in [-0.1, -0.05) is 53.9 Å². The molecule has 0 amide bonds. The summed E-state index contributed by atoms with van der Waals surface area (Å²) in [6.07, 6.45) is 4.22. The van der Waals surface area contributed by atoms with Gasteiger partial charge in [0.1, 0.15) is 0 Å². The summed E-state index contributed by atoms with van der Waals surface area (Å²) in [4.78, 5) is 0. The van der Waals surface area contributed by atoms with Crippen LogP contribution in [0, 0.1) is 5.92 Å². The van der Waals surface area contributed by atoms with Crippen LogP contribution in [0.5, 0.6) is 0 Å². The van der Waals surface area contributed by atoms with Gasteiger partial charge in [0, 0.05) is 0 Å². The molecule has 0 N–H and O–H groups in total. The van der Waals surface area contributed by atoms with Crippen LogP contribution < -0.4 is 0 Å². The monoisotopic (exact) mass is 130 g/mol. The molecule has 0 nitrogen and oxygen atoms in total. The highest BCUT2D eigenvalue weighted by molar-refractivity contribution is 4.65. The lowest BCUT2D eigenvalue weighted by Gasteiger charge is -1.53. The maximum absolute atomic E-state index is 2.28. The Balaban J connectivity index is 0. The topological polar surface area (TPSA) is 0 Å². The second kappa shape index (κ2) is 10.9. The summed E-state index contributed by atoms with van der Waals surface area (Å²) in [5, 5.41) is 0. The van der Waals surface area contributed by atoms with Crippen LogP contribution >= 0.6 is 0 Å². The van der Waals surface area contributed by atoms with E-state index in [9.17, 15) is 0 Å². The predicted octanol–water partition coefficient (Wildman–Crippen LogP) is 3.86. The SMILES string of the molecule is CC.CC1CC1.CCC. The zero-order chi connectivity index (χ0) is 7.70. The first-order chi connectivity index (χ1) is 4.31. The first-order valence-electron chi connectivity index (χ1n) is 4.31. The zero-order valence-electron chi connectivity index (χ0n) is 7.70. The summed E-state index contributed by atoms with van der Waals surface area (Å²) in [6, 6.07) is 0. The number of hydrogen-bond acceptors (Lipinski definition) is 0. The van der Waals surface area contributed by atoms with Crippen LogP contribution in [-0.4, -0.2) is 0 Å². The Labute approximate surface area is 60.7 Å². The molecule has 1 aliphatic rings. The molecule has 0 aromatic heterocycles. The average Bonchev–Trinajstić information content (AvgIpc) is 2.59. The van der Waals surface area contributed by atoms with E-state index in [1.807, 2.05) is 13.8 Å². The Hall–Kier alpha value is 0. The molecule has 0 heteroatoms. The minimum Gasteiger partial charge on any atom is -0.0683 e. The van der Waals surface area contributed by atoms with Crippen LogP contribution in [0.4, 0.5) is 0 Å². The molecule has 0 bridgehead atoms. The highest BCUT2D eigenvalue weighted by Crippen LogP contribution is 2.26. The van der Waals surface area contributed by atoms with E-state index in [1.54, 1.807) is 0 Å². The van der Waals surface area contributed by atoms with Gasteiger partial charge in [-0.05, 0) is 5.92 Å². The molecule has 0 spiro atoms. The van der Waals surface area contributed by atoms with Crippen molar-refractivity contribution in [2.75, 3.05) is 0 Å². The van der Waals surface area contributed by atoms with Crippen molar-refractivity contribution in [3.8, 4) is 0 Å². The molecule has 0 aromatic rings. The number of rotatable bonds is 0. The smallest absolute Gasteiger partial charge is 0.0443 e. The van der Waals surface area contributed by atoms with E-state index in [0.29, 0.717) is 0 Å². The van der Waals surface area contributed by atoms with Gasteiger partial charge in [-0.3, -0.25) is 0 Å². The van der Waals surface area contributed by atoms with Gasteiger partial charge in [-0.15, -0.1) is 0 Å². The van der Waals surface area contributed by atoms with Crippen molar-refractivity contribution >= 4 is 0 Å². The second-order valence-electron chi connectivity index (χ2n) is 2.39. The molecular weight excluding hydrogens is 108 g/mol. The van der Waals surface area contributed by atoms with Gasteiger partial charge in [0.15, 0.2) is 0 Å². The van der Waals surface area contributed by atoms with Gasteiger partial charge in [-0.25, -0.2) is 0 Å². The summed E-state index contributed by atoms with van der Waals surface area (Å²) in [5.74, 6) is 1.08. The summed E-state index contributed by atoms with van der Waals surface area (Å²) < 4.78 is 0. The Bertz CT molecular complexity index is 27.0. The van der Waals surface area contributed by atoms with Gasteiger partial charge in [0.25, 0.3) is 0 Å². The maximum Gasteiger partial charge on any atom is -0.0443 e. The van der Waals surface area contributed by atoms with Crippen molar-refractivity contribution in [1.82, 2.24) is 0 Å². The highest BCUT2D eigenvalue weighted by Gasteiger charge is 2.12. The van der Waals surface area contributed by atoms with E-state index in [4.69, 9.17) is 0 Å². The average molecular weight is 130 g/mol. The zero-order valence-corrected chi connectivity index (χ0v) is 7.70. The van der Waals surface area contributed by atoms with Gasteiger partial charge < -0.3 is 0 Å². The molecule has 0 saturated heterocycles. The number of hydrogen-bond donors (Lipinski definition) is 0. The quantitative estimate of drug-likeness (QED) is 0.467. The first kappa shape index (κ1) is 11.8. The van der Waals surface area contributed by atoms with Crippen LogP contribution in [0.1, 0.15) is 53.9 Å². The minimum absolute atomic E-state index is 1.08. The standard InChI is InChI=1S/C4H8.C3H8.C2H6/c1-4-2-3-4;1-3-2;1-2/h4H,2-3H2,1H3;3H2,1-2H3;1-2H3. The van der Waals surface area contributed by atoms with E-state index in [0.717, 1.165) is 5.92 Å². The fraction of sp³-hybridized carbons (Fsp3) is 1.00. The minimum atomic E-state index is 1.08. The maximum atomic E-state index is 2.28. The summed E-state index contributed by atoms with van der Waals surface area (Å²) in [5.41, 5.74) is 0. The van der Waals surface area contributed by atoms with Gasteiger partial charge >= 0.3 is 0 Å². The molecule has 1 rings (SSSR count). The van der Waals surface area contributed by atoms with Crippen molar-refractivity contribution < 1.29 is 0 Å². The van der Waals surface area contributed by atoms with Crippen LogP contribution in [0.15, 0.2) is 0 Å². The Kier molecular flexibility index (Phi) is 14.2. The van der Waals surface area contributed by atoms with Crippen molar-refractivity contribution in [1.29, 1.82) is 0 Å². The van der Waals surface area contributed by atoms with E-state index >= 15 is 0 Å². The van der Waals surface area contributed by atoms with Gasteiger partial charge in [0.05, 0.1) is 0 Å². The predicted molar refractivity (Wildman–Crippen MR) is 45.7 cm³/mol. The lowest BCUT2D eigenvalue weighted by molar-refractivity contribution is 0.983. The molecule has 0 unspecified atom stereocenters. The second-order valence-corrected chi connectivity index (χ2v) is 2.39. The van der Waals surface area contributed by atoms with Crippen molar-refractivity contribution in [3.05, 3.63) is 0 Å². The fourth-order valence-electron chi connectivity index (χ4n) is 0.167. The Morgan fingerprint density at radius 3 is 1.22 bits per heavy atom. The lowest BCUT2D eigenvalue weighted by Crippen LogP contribution is -1.42. The van der Waals surface area contributed by atoms with Crippen LogP contribution in [0.3, 0.4) is 0 Å². The van der Waals surface area contributed by atoms with Crippen LogP contribution in [-0.2, 0) is 0 Å². The van der Waals surface area contributed by atoms with Crippen LogP contribution in [0.25, 0.3) is 0 Å². The molecule has 0 atom stereocenters. The third kappa shape index (κ3) is 32.0. The molecule has 0 radical (unpaired) electrons. The molecule has 1 aliphatic carbocycles. The van der Waals surface area contributed by atoms with E-state index in [2.05, 4.69) is 20.8 Å². The third-order valence-electron chi connectivity index (χ3n) is 0.866. The van der Waals surface area contributed by atoms with Gasteiger partial charge in [-0.2, -0.15) is 0 Å². The Morgan fingerprint density at radius 2 is 1.22 bits per heavy atom. The van der Waals surface area contributed by atoms with Crippen molar-refractivity contribution in [2.24, 2.45) is 5.92 Å². The molecule has 0 heterocycles. The van der Waals surface area contributed by atoms with E-state index in [1.165, 1.54) is 19.3 Å². The fourth-order valence-corrected chi connectivity index (χ4v) is 0.167. The highest BCUT2D eigenvalue weighted by atomic mass is 14.2. The molecule has 9 heavy (non-hydrogen) atoms. The van der Waals surface area contributed by atoms with Crippen molar-refractivity contribution in [2.45, 2.75) is 53.9 Å². The van der Waals surface area contributed by atoms with Gasteiger partial charge in [0.2, 0.25) is 0 Å².